The topological polar surface area (TPSA) is 38.5 Å². The molecule has 1 aliphatic rings. The zero-order chi connectivity index (χ0) is 13.2. The molecule has 0 aromatic heterocycles. The second-order valence-electron chi connectivity index (χ2n) is 5.44. The van der Waals surface area contributed by atoms with E-state index in [-0.39, 0.29) is 0 Å². The van der Waals surface area contributed by atoms with Crippen molar-refractivity contribution < 1.29 is 4.74 Å². The van der Waals surface area contributed by atoms with Gasteiger partial charge in [-0.3, -0.25) is 0 Å². The molecule has 3 nitrogen and oxygen atoms in total. The zero-order valence-electron chi connectivity index (χ0n) is 11.7. The molecular formula is C15H24N2O. The summed E-state index contributed by atoms with van der Waals surface area (Å²) < 4.78 is 5.57. The Hall–Kier alpha value is -1.22. The summed E-state index contributed by atoms with van der Waals surface area (Å²) in [5.41, 5.74) is 8.66. The van der Waals surface area contributed by atoms with Gasteiger partial charge in [-0.2, -0.15) is 0 Å². The first-order valence-corrected chi connectivity index (χ1v) is 6.75. The van der Waals surface area contributed by atoms with Crippen molar-refractivity contribution in [1.29, 1.82) is 0 Å². The molecule has 0 atom stereocenters. The fourth-order valence-corrected chi connectivity index (χ4v) is 2.39. The van der Waals surface area contributed by atoms with Crippen LogP contribution in [0.4, 0.5) is 5.69 Å². The van der Waals surface area contributed by atoms with E-state index >= 15 is 0 Å². The van der Waals surface area contributed by atoms with Crippen molar-refractivity contribution >= 4 is 5.69 Å². The van der Waals surface area contributed by atoms with Crippen LogP contribution in [0.5, 0.6) is 5.75 Å². The SMILES string of the molecule is CCOc1ccc(N(C)CC2(CN)CC2)cc1C. The van der Waals surface area contributed by atoms with Crippen LogP contribution in [0.2, 0.25) is 0 Å². The Bertz CT molecular complexity index is 413. The van der Waals surface area contributed by atoms with E-state index in [0.717, 1.165) is 18.8 Å². The van der Waals surface area contributed by atoms with Gasteiger partial charge in [0, 0.05) is 24.7 Å². The quantitative estimate of drug-likeness (QED) is 0.841. The molecular weight excluding hydrogens is 224 g/mol. The lowest BCUT2D eigenvalue weighted by atomic mass is 10.1. The van der Waals surface area contributed by atoms with Gasteiger partial charge in [-0.25, -0.2) is 0 Å². The summed E-state index contributed by atoms with van der Waals surface area (Å²) in [6, 6.07) is 6.38. The van der Waals surface area contributed by atoms with Gasteiger partial charge in [-0.1, -0.05) is 0 Å². The number of ether oxygens (including phenoxy) is 1. The Labute approximate surface area is 110 Å². The maximum absolute atomic E-state index is 5.84. The monoisotopic (exact) mass is 248 g/mol. The van der Waals surface area contributed by atoms with Crippen molar-refractivity contribution in [3.63, 3.8) is 0 Å². The summed E-state index contributed by atoms with van der Waals surface area (Å²) in [6.45, 7) is 6.67. The van der Waals surface area contributed by atoms with Crippen molar-refractivity contribution in [3.8, 4) is 5.75 Å². The largest absolute Gasteiger partial charge is 0.494 e. The number of hydrogen-bond acceptors (Lipinski definition) is 3. The molecule has 1 aromatic rings. The highest BCUT2D eigenvalue weighted by molar-refractivity contribution is 5.52. The molecule has 0 amide bonds. The summed E-state index contributed by atoms with van der Waals surface area (Å²) in [7, 11) is 2.14. The second kappa shape index (κ2) is 5.19. The van der Waals surface area contributed by atoms with Crippen LogP contribution in [0.3, 0.4) is 0 Å². The number of anilines is 1. The van der Waals surface area contributed by atoms with Crippen LogP contribution in [0.25, 0.3) is 0 Å². The highest BCUT2D eigenvalue weighted by atomic mass is 16.5. The summed E-state index contributed by atoms with van der Waals surface area (Å²) in [5, 5.41) is 0. The van der Waals surface area contributed by atoms with Gasteiger partial charge in [-0.15, -0.1) is 0 Å². The van der Waals surface area contributed by atoms with Crippen LogP contribution in [0.15, 0.2) is 18.2 Å². The van der Waals surface area contributed by atoms with Gasteiger partial charge < -0.3 is 15.4 Å². The van der Waals surface area contributed by atoms with Gasteiger partial charge in [0.1, 0.15) is 5.75 Å². The third kappa shape index (κ3) is 2.78. The molecule has 0 bridgehead atoms. The summed E-state index contributed by atoms with van der Waals surface area (Å²) in [4.78, 5) is 2.31. The van der Waals surface area contributed by atoms with Crippen LogP contribution in [0, 0.1) is 12.3 Å². The summed E-state index contributed by atoms with van der Waals surface area (Å²) in [5.74, 6) is 0.981. The molecule has 0 unspecified atom stereocenters. The first-order chi connectivity index (χ1) is 8.60. The molecule has 0 radical (unpaired) electrons. The fraction of sp³-hybridized carbons (Fsp3) is 0.600. The minimum absolute atomic E-state index is 0.376. The predicted octanol–water partition coefficient (Wildman–Crippen LogP) is 2.57. The molecule has 1 aromatic carbocycles. The van der Waals surface area contributed by atoms with Gasteiger partial charge in [0.05, 0.1) is 6.61 Å². The van der Waals surface area contributed by atoms with Crippen molar-refractivity contribution in [2.45, 2.75) is 26.7 Å². The number of nitrogens with zero attached hydrogens (tertiary/aromatic N) is 1. The van der Waals surface area contributed by atoms with Gasteiger partial charge in [0.25, 0.3) is 0 Å². The summed E-state index contributed by atoms with van der Waals surface area (Å²) >= 11 is 0. The smallest absolute Gasteiger partial charge is 0.122 e. The van der Waals surface area contributed by atoms with Crippen molar-refractivity contribution in [1.82, 2.24) is 0 Å². The van der Waals surface area contributed by atoms with Crippen molar-refractivity contribution in [2.24, 2.45) is 11.1 Å². The van der Waals surface area contributed by atoms with Gasteiger partial charge >= 0.3 is 0 Å². The number of hydrogen-bond donors (Lipinski definition) is 1. The minimum Gasteiger partial charge on any atom is -0.494 e. The van der Waals surface area contributed by atoms with Crippen LogP contribution >= 0.6 is 0 Å². The van der Waals surface area contributed by atoms with E-state index in [1.165, 1.54) is 24.1 Å². The van der Waals surface area contributed by atoms with E-state index in [1.54, 1.807) is 0 Å². The number of benzene rings is 1. The average Bonchev–Trinajstić information content (AvgIpc) is 3.12. The lowest BCUT2D eigenvalue weighted by molar-refractivity contribution is 0.338. The zero-order valence-corrected chi connectivity index (χ0v) is 11.7. The molecule has 2 N–H and O–H groups in total. The van der Waals surface area contributed by atoms with E-state index < -0.39 is 0 Å². The Morgan fingerprint density at radius 3 is 2.61 bits per heavy atom. The maximum Gasteiger partial charge on any atom is 0.122 e. The third-order valence-electron chi connectivity index (χ3n) is 3.86. The normalized spacial score (nSPS) is 16.4. The van der Waals surface area contributed by atoms with Gasteiger partial charge in [0.15, 0.2) is 0 Å². The summed E-state index contributed by atoms with van der Waals surface area (Å²) in [6.07, 6.45) is 2.54. The Morgan fingerprint density at radius 1 is 1.39 bits per heavy atom. The average molecular weight is 248 g/mol. The van der Waals surface area contributed by atoms with Crippen LogP contribution < -0.4 is 15.4 Å². The molecule has 0 heterocycles. The maximum atomic E-state index is 5.84. The van der Waals surface area contributed by atoms with Gasteiger partial charge in [-0.05, 0) is 57.0 Å². The molecule has 18 heavy (non-hydrogen) atoms. The lowest BCUT2D eigenvalue weighted by Gasteiger charge is -2.25. The predicted molar refractivity (Wildman–Crippen MR) is 76.3 cm³/mol. The number of rotatable bonds is 6. The van der Waals surface area contributed by atoms with E-state index in [9.17, 15) is 0 Å². The first-order valence-electron chi connectivity index (χ1n) is 6.75. The Balaban J connectivity index is 2.06. The van der Waals surface area contributed by atoms with Gasteiger partial charge in [0.2, 0.25) is 0 Å². The Kier molecular flexibility index (Phi) is 3.81. The Morgan fingerprint density at radius 2 is 2.11 bits per heavy atom. The second-order valence-corrected chi connectivity index (χ2v) is 5.44. The minimum atomic E-state index is 0.376. The molecule has 1 saturated carbocycles. The molecule has 100 valence electrons. The molecule has 0 saturated heterocycles. The van der Waals surface area contributed by atoms with Crippen LogP contribution in [-0.4, -0.2) is 26.7 Å². The van der Waals surface area contributed by atoms with Crippen LogP contribution in [0.1, 0.15) is 25.3 Å². The van der Waals surface area contributed by atoms with Crippen molar-refractivity contribution in [2.75, 3.05) is 31.6 Å². The van der Waals surface area contributed by atoms with E-state index in [4.69, 9.17) is 10.5 Å². The van der Waals surface area contributed by atoms with Crippen molar-refractivity contribution in [3.05, 3.63) is 23.8 Å². The number of nitrogens with two attached hydrogens (primary N) is 1. The van der Waals surface area contributed by atoms with Crippen LogP contribution in [-0.2, 0) is 0 Å². The van der Waals surface area contributed by atoms with E-state index in [2.05, 4.69) is 37.1 Å². The molecule has 2 rings (SSSR count). The van der Waals surface area contributed by atoms with E-state index in [0.29, 0.717) is 12.0 Å². The highest BCUT2D eigenvalue weighted by Gasteiger charge is 2.42. The molecule has 1 aliphatic carbocycles. The fourth-order valence-electron chi connectivity index (χ4n) is 2.39. The molecule has 0 spiro atoms. The molecule has 3 heteroatoms. The molecule has 0 aliphatic heterocycles. The lowest BCUT2D eigenvalue weighted by Crippen LogP contribution is -2.31. The number of aryl methyl sites for hydroxylation is 1. The first kappa shape index (κ1) is 13.2. The standard InChI is InChI=1S/C15H24N2O/c1-4-18-14-6-5-13(9-12(14)2)17(3)11-15(10-16)7-8-15/h5-6,9H,4,7-8,10-11,16H2,1-3H3. The molecule has 1 fully saturated rings. The third-order valence-corrected chi connectivity index (χ3v) is 3.86. The van der Waals surface area contributed by atoms with E-state index in [1.807, 2.05) is 6.92 Å². The highest BCUT2D eigenvalue weighted by Crippen LogP contribution is 2.45.